The van der Waals surface area contributed by atoms with Crippen molar-refractivity contribution in [1.82, 2.24) is 99.6 Å². The highest BCUT2D eigenvalue weighted by Gasteiger charge is 2.36. The van der Waals surface area contributed by atoms with Crippen molar-refractivity contribution in [3.05, 3.63) is 83.7 Å². The highest BCUT2D eigenvalue weighted by Crippen LogP contribution is 2.14. The van der Waals surface area contributed by atoms with Crippen molar-refractivity contribution in [1.29, 1.82) is 10.8 Å². The average molecular weight is 1740 g/mol. The molecule has 1 aromatic heterocycles. The van der Waals surface area contributed by atoms with E-state index in [4.69, 9.17) is 41.2 Å². The van der Waals surface area contributed by atoms with Crippen LogP contribution >= 0.6 is 0 Å². The number of benzene rings is 2. The summed E-state index contributed by atoms with van der Waals surface area (Å²) in [5, 5.41) is 81.1. The van der Waals surface area contributed by atoms with Crippen molar-refractivity contribution in [2.45, 2.75) is 190 Å². The van der Waals surface area contributed by atoms with Crippen molar-refractivity contribution >= 4 is 107 Å². The van der Waals surface area contributed by atoms with Gasteiger partial charge in [-0.2, -0.15) is 0 Å². The van der Waals surface area contributed by atoms with Crippen molar-refractivity contribution in [2.75, 3.05) is 112 Å². The number of carboxylic acids is 2. The first kappa shape index (κ1) is 102. The predicted molar refractivity (Wildman–Crippen MR) is 444 cm³/mol. The number of nitrogens with one attached hydrogen (secondary N) is 17. The second-order valence-electron chi connectivity index (χ2n) is 29.2. The molecule has 2 aliphatic rings. The summed E-state index contributed by atoms with van der Waals surface area (Å²) < 4.78 is 23.9. The monoisotopic (exact) mass is 1740 g/mol. The third-order valence-corrected chi connectivity index (χ3v) is 19.1. The number of aromatic nitrogens is 3. The Labute approximate surface area is 717 Å². The van der Waals surface area contributed by atoms with Gasteiger partial charge in [0.2, 0.25) is 82.7 Å². The number of aryl methyl sites for hydroxylation is 1. The van der Waals surface area contributed by atoms with Gasteiger partial charge in [-0.3, -0.25) is 87.5 Å². The van der Waals surface area contributed by atoms with Crippen LogP contribution in [0.2, 0.25) is 0 Å². The highest BCUT2D eigenvalue weighted by molar-refractivity contribution is 6.00. The normalized spacial score (nSPS) is 18.8. The molecule has 0 saturated carbocycles. The molecule has 0 unspecified atom stereocenters. The van der Waals surface area contributed by atoms with Gasteiger partial charge in [-0.15, -0.1) is 5.10 Å². The summed E-state index contributed by atoms with van der Waals surface area (Å²) in [6.07, 6.45) is 2.43. The van der Waals surface area contributed by atoms with Crippen LogP contribution in [0, 0.1) is 10.8 Å². The number of hydrogen-bond donors (Lipinski definition) is 21. The van der Waals surface area contributed by atoms with Gasteiger partial charge >= 0.3 is 11.9 Å². The fourth-order valence-electron chi connectivity index (χ4n) is 12.6. The SMILES string of the molecule is CCCCc1cn(CC(=O)NCCOCCOCCOCCOCCC(=O)N(CCC(=O)NCCCC[C@@H]2NC(=O)[C@@H](Cc3ccccc3)NC(=O)[C@H](CC(=O)O)NC(=O)CNC(=O)[C@H](CCCNC(=N)N)NC2=O)CCC(=O)NCCCC[C@@H]2NC(=O)[C@@H](Cc3ccccc3)NC(=O)[C@H](CC(=O)O)NC(=O)CNC(=O)[C@H](CCCNC(=N)N)NC2=O)nn1. The van der Waals surface area contributed by atoms with Crippen LogP contribution in [0.15, 0.2) is 66.9 Å². The Morgan fingerprint density at radius 3 is 1.23 bits per heavy atom. The molecule has 3 heterocycles. The van der Waals surface area contributed by atoms with Crippen molar-refractivity contribution in [3.8, 4) is 0 Å². The Bertz CT molecular complexity index is 3780. The lowest BCUT2D eigenvalue weighted by Gasteiger charge is -2.26. The molecule has 0 aliphatic carbocycles. The fourth-order valence-corrected chi connectivity index (χ4v) is 12.6. The predicted octanol–water partition coefficient (Wildman–Crippen LogP) is -5.53. The number of hydrogen-bond acceptors (Lipinski definition) is 24. The van der Waals surface area contributed by atoms with E-state index in [0.717, 1.165) is 25.0 Å². The molecule has 5 rings (SSSR count). The Hall–Kier alpha value is -12.5. The number of unbranched alkanes of at least 4 members (excludes halogenated alkanes) is 3. The molecule has 3 aromatic rings. The minimum absolute atomic E-state index is 0.0113. The second kappa shape index (κ2) is 58.5. The molecular weight excluding hydrogens is 1620 g/mol. The van der Waals surface area contributed by atoms with E-state index < -0.39 is 163 Å². The van der Waals surface area contributed by atoms with Gasteiger partial charge < -0.3 is 125 Å². The lowest BCUT2D eigenvalue weighted by molar-refractivity contribution is -0.141. The number of guanidine groups is 2. The first-order valence-electron chi connectivity index (χ1n) is 41.5. The van der Waals surface area contributed by atoms with Crippen molar-refractivity contribution < 1.29 is 106 Å². The zero-order valence-corrected chi connectivity index (χ0v) is 69.8. The van der Waals surface area contributed by atoms with Crippen LogP contribution in [0.4, 0.5) is 0 Å². The summed E-state index contributed by atoms with van der Waals surface area (Å²) in [6, 6.07) is 5.09. The summed E-state index contributed by atoms with van der Waals surface area (Å²) in [7, 11) is 0. The number of ether oxygens (including phenoxy) is 4. The van der Waals surface area contributed by atoms with Gasteiger partial charge in [0.1, 0.15) is 54.9 Å². The van der Waals surface area contributed by atoms with Crippen molar-refractivity contribution in [3.63, 3.8) is 0 Å². The molecule has 2 fully saturated rings. The molecule has 684 valence electrons. The molecule has 8 atom stereocenters. The Kier molecular flexibility index (Phi) is 48.1. The molecule has 14 amide bonds. The summed E-state index contributed by atoms with van der Waals surface area (Å²) in [6.45, 7) is 2.20. The van der Waals surface area contributed by atoms with E-state index in [2.05, 4.69) is 97.0 Å². The van der Waals surface area contributed by atoms with Crippen LogP contribution in [0.3, 0.4) is 0 Å². The first-order chi connectivity index (χ1) is 59.5. The van der Waals surface area contributed by atoms with Gasteiger partial charge in [0, 0.05) is 77.7 Å². The minimum Gasteiger partial charge on any atom is -0.481 e. The number of aliphatic carboxylic acids is 2. The maximum absolute atomic E-state index is 14.4. The van der Waals surface area contributed by atoms with E-state index in [1.54, 1.807) is 66.9 Å². The number of rotatable bonds is 52. The average Bonchev–Trinajstić information content (AvgIpc) is 1.16. The fraction of sp³-hybridized carbons (Fsp3) is 0.595. The Balaban J connectivity index is 1.23. The van der Waals surface area contributed by atoms with Gasteiger partial charge in [0.25, 0.3) is 0 Å². The molecule has 23 N–H and O–H groups in total. The molecule has 0 bridgehead atoms. The van der Waals surface area contributed by atoms with Gasteiger partial charge in [0.05, 0.1) is 90.9 Å². The van der Waals surface area contributed by atoms with Crippen LogP contribution in [0.1, 0.15) is 133 Å². The zero-order valence-electron chi connectivity index (χ0n) is 69.8. The lowest BCUT2D eigenvalue weighted by atomic mass is 10.0. The first-order valence-corrected chi connectivity index (χ1v) is 41.5. The van der Waals surface area contributed by atoms with E-state index in [0.29, 0.717) is 11.1 Å². The molecule has 45 nitrogen and oxygen atoms in total. The van der Waals surface area contributed by atoms with Crippen LogP contribution in [-0.2, 0) is 121 Å². The second-order valence-corrected chi connectivity index (χ2v) is 29.2. The maximum atomic E-state index is 14.4. The topological polar surface area (TPSA) is 665 Å². The lowest BCUT2D eigenvalue weighted by Crippen LogP contribution is -2.58. The molecule has 124 heavy (non-hydrogen) atoms. The number of nitrogens with zero attached hydrogens (tertiary/aromatic N) is 4. The number of carbonyl (C=O) groups excluding carboxylic acids is 14. The number of amides is 14. The number of carbonyl (C=O) groups is 16. The summed E-state index contributed by atoms with van der Waals surface area (Å²) in [5.74, 6) is -14.5. The molecule has 45 heteroatoms. The van der Waals surface area contributed by atoms with E-state index in [1.807, 2.05) is 0 Å². The van der Waals surface area contributed by atoms with Crippen LogP contribution in [0.25, 0.3) is 0 Å². The van der Waals surface area contributed by atoms with Crippen LogP contribution in [0.5, 0.6) is 0 Å². The van der Waals surface area contributed by atoms with Gasteiger partial charge in [-0.1, -0.05) is 79.2 Å². The van der Waals surface area contributed by atoms with E-state index in [1.165, 1.54) is 9.58 Å². The van der Waals surface area contributed by atoms with Gasteiger partial charge in [-0.05, 0) is 88.2 Å². The molecule has 0 radical (unpaired) electrons. The molecule has 2 aromatic carbocycles. The summed E-state index contributed by atoms with van der Waals surface area (Å²) in [4.78, 5) is 217. The third-order valence-electron chi connectivity index (χ3n) is 19.1. The molecule has 0 spiro atoms. The number of nitrogens with two attached hydrogens (primary N) is 2. The third kappa shape index (κ3) is 43.3. The van der Waals surface area contributed by atoms with E-state index in [9.17, 15) is 86.9 Å². The van der Waals surface area contributed by atoms with Crippen LogP contribution in [-0.4, -0.2) is 297 Å². The molecular formula is C79H121N23O22. The van der Waals surface area contributed by atoms with Crippen LogP contribution < -0.4 is 91.2 Å². The Morgan fingerprint density at radius 2 is 0.815 bits per heavy atom. The molecule has 2 aliphatic heterocycles. The van der Waals surface area contributed by atoms with Gasteiger partial charge in [-0.25, -0.2) is 4.68 Å². The molecule has 2 saturated heterocycles. The standard InChI is InChI=1S/C79H121N23O22/c1-2-3-20-53-49-102(100-99-53)50-66(107)86-32-36-122-38-40-124-42-41-123-39-37-121-35-27-67(108)101(33-25-62(103)84-28-12-10-21-56-72(115)93-54(23-14-30-87-78(80)81)70(113)89-47-64(105)91-60(45-68(109)110)76(119)97-58(74(117)95-56)43-51-16-6-4-7-17-51)34-26-63(104)85-29-13-11-22-57-73(116)94-55(24-15-31-88-79(82)83)71(114)90-48-65(106)92-61(46-69(111)112)77(120)98-59(75(118)96-57)44-52-18-8-5-9-19-52/h4-9,16-19,49,54-61H,2-3,10-15,20-48,50H2,1H3,(H,84,103)(H,85,104)(H,86,107)(H,89,113)(H,90,114)(H,91,105)(H,92,106)(H,93,115)(H,94,116)(H,95,117)(H,96,118)(H,97,119)(H,98,120)(H,109,110)(H,111,112)(H4,80,81,87)(H4,82,83,88)/t54-,55-,56-,57-,58+,59+,60-,61-/m0/s1. The van der Waals surface area contributed by atoms with Gasteiger partial charge in [0.15, 0.2) is 11.9 Å². The quantitative estimate of drug-likeness (QED) is 0.0142. The largest absolute Gasteiger partial charge is 0.481 e. The zero-order chi connectivity index (χ0) is 90.4. The smallest absolute Gasteiger partial charge is 0.305 e. The Morgan fingerprint density at radius 1 is 0.444 bits per heavy atom. The van der Waals surface area contributed by atoms with E-state index in [-0.39, 0.29) is 219 Å². The minimum atomic E-state index is -1.71. The van der Waals surface area contributed by atoms with E-state index >= 15 is 0 Å². The highest BCUT2D eigenvalue weighted by atomic mass is 16.6. The van der Waals surface area contributed by atoms with Crippen molar-refractivity contribution in [2.24, 2.45) is 11.5 Å². The maximum Gasteiger partial charge on any atom is 0.305 e. The summed E-state index contributed by atoms with van der Waals surface area (Å²) in [5.41, 5.74) is 12.8. The number of carboxylic acid groups (broad SMARTS) is 2. The summed E-state index contributed by atoms with van der Waals surface area (Å²) >= 11 is 0.